The lowest BCUT2D eigenvalue weighted by molar-refractivity contribution is -0.120. The van der Waals surface area contributed by atoms with Gasteiger partial charge >= 0.3 is 6.09 Å². The molecule has 1 unspecified atom stereocenters. The Kier molecular flexibility index (Phi) is 4.20. The van der Waals surface area contributed by atoms with Crippen LogP contribution in [0.2, 0.25) is 0 Å². The number of carbonyl (C=O) groups is 2. The van der Waals surface area contributed by atoms with Crippen LogP contribution in [0.3, 0.4) is 0 Å². The lowest BCUT2D eigenvalue weighted by Gasteiger charge is -2.22. The highest BCUT2D eigenvalue weighted by molar-refractivity contribution is 5.90. The van der Waals surface area contributed by atoms with E-state index in [0.717, 1.165) is 0 Å². The molecular weight excluding hydrogens is 286 g/mol. The maximum atomic E-state index is 11.9. The van der Waals surface area contributed by atoms with Gasteiger partial charge in [-0.15, -0.1) is 0 Å². The fourth-order valence-corrected chi connectivity index (χ4v) is 1.83. The molecule has 116 valence electrons. The van der Waals surface area contributed by atoms with Crippen LogP contribution in [0.1, 0.15) is 32.5 Å². The number of aromatic nitrogens is 3. The first kappa shape index (κ1) is 15.6. The minimum Gasteiger partial charge on any atom is -0.444 e. The molecule has 0 saturated carbocycles. The van der Waals surface area contributed by atoms with Gasteiger partial charge in [0.05, 0.1) is 11.7 Å². The normalized spacial score (nSPS) is 12.7. The Labute approximate surface area is 127 Å². The summed E-state index contributed by atoms with van der Waals surface area (Å²) in [4.78, 5) is 27.7. The molecule has 0 aliphatic heterocycles. The van der Waals surface area contributed by atoms with Crippen LogP contribution in [-0.4, -0.2) is 32.8 Å². The van der Waals surface area contributed by atoms with Crippen LogP contribution in [-0.2, 0) is 9.53 Å². The van der Waals surface area contributed by atoms with Gasteiger partial charge in [-0.3, -0.25) is 9.78 Å². The molecule has 1 atom stereocenters. The van der Waals surface area contributed by atoms with Gasteiger partial charge in [0.25, 0.3) is 0 Å². The van der Waals surface area contributed by atoms with Crippen LogP contribution in [0.5, 0.6) is 0 Å². The molecule has 3 N–H and O–H groups in total. The third-order valence-corrected chi connectivity index (χ3v) is 2.66. The number of primary amides is 1. The summed E-state index contributed by atoms with van der Waals surface area (Å²) in [7, 11) is 0. The number of carbonyl (C=O) groups excluding carboxylic acids is 2. The van der Waals surface area contributed by atoms with Gasteiger partial charge in [0.1, 0.15) is 11.3 Å². The van der Waals surface area contributed by atoms with Gasteiger partial charge in [-0.1, -0.05) is 0 Å². The van der Waals surface area contributed by atoms with E-state index in [2.05, 4.69) is 20.5 Å². The Morgan fingerprint density at radius 3 is 2.73 bits per heavy atom. The zero-order chi connectivity index (χ0) is 16.3. The van der Waals surface area contributed by atoms with Crippen molar-refractivity contribution < 1.29 is 14.3 Å². The molecule has 2 aromatic rings. The van der Waals surface area contributed by atoms with Crippen molar-refractivity contribution in [3.8, 4) is 0 Å². The number of rotatable bonds is 3. The fourth-order valence-electron chi connectivity index (χ4n) is 1.83. The number of hydrogen-bond donors (Lipinski definition) is 2. The molecule has 0 aromatic carbocycles. The van der Waals surface area contributed by atoms with Crippen LogP contribution in [0, 0.1) is 0 Å². The van der Waals surface area contributed by atoms with Crippen LogP contribution >= 0.6 is 0 Å². The number of alkyl carbamates (subject to hydrolysis) is 1. The molecule has 0 saturated heterocycles. The van der Waals surface area contributed by atoms with Crippen LogP contribution in [0.4, 0.5) is 4.79 Å². The number of fused-ring (bicyclic) bond motifs is 1. The zero-order valence-corrected chi connectivity index (χ0v) is 12.5. The van der Waals surface area contributed by atoms with Crippen LogP contribution in [0.25, 0.3) is 10.9 Å². The minimum atomic E-state index is -1.18. The number of nitrogens with one attached hydrogen (secondary N) is 1. The first-order valence-corrected chi connectivity index (χ1v) is 6.63. The quantitative estimate of drug-likeness (QED) is 0.875. The lowest BCUT2D eigenvalue weighted by Crippen LogP contribution is -2.41. The van der Waals surface area contributed by atoms with Crippen molar-refractivity contribution in [3.63, 3.8) is 0 Å². The van der Waals surface area contributed by atoms with E-state index in [0.29, 0.717) is 10.9 Å². The van der Waals surface area contributed by atoms with E-state index in [-0.39, 0.29) is 5.69 Å². The first-order chi connectivity index (χ1) is 10.3. The van der Waals surface area contributed by atoms with Crippen molar-refractivity contribution in [1.82, 2.24) is 20.5 Å². The van der Waals surface area contributed by atoms with Crippen molar-refractivity contribution in [2.75, 3.05) is 0 Å². The van der Waals surface area contributed by atoms with E-state index in [4.69, 9.17) is 10.5 Å². The van der Waals surface area contributed by atoms with E-state index in [1.165, 1.54) is 6.20 Å². The van der Waals surface area contributed by atoms with Gasteiger partial charge in [-0.2, -0.15) is 10.2 Å². The highest BCUT2D eigenvalue weighted by Gasteiger charge is 2.27. The molecule has 0 aliphatic rings. The molecule has 2 heterocycles. The summed E-state index contributed by atoms with van der Waals surface area (Å²) in [5, 5.41) is 10.8. The summed E-state index contributed by atoms with van der Waals surface area (Å²) in [5.74, 6) is -0.779. The summed E-state index contributed by atoms with van der Waals surface area (Å²) in [6, 6.07) is 2.32. The maximum Gasteiger partial charge on any atom is 0.408 e. The van der Waals surface area contributed by atoms with Gasteiger partial charge in [0.15, 0.2) is 6.04 Å². The van der Waals surface area contributed by atoms with Gasteiger partial charge < -0.3 is 15.8 Å². The van der Waals surface area contributed by atoms with Crippen LogP contribution in [0.15, 0.2) is 24.5 Å². The van der Waals surface area contributed by atoms with Crippen molar-refractivity contribution in [1.29, 1.82) is 0 Å². The molecule has 0 fully saturated rings. The summed E-state index contributed by atoms with van der Waals surface area (Å²) in [5.41, 5.74) is 5.29. The van der Waals surface area contributed by atoms with E-state index in [1.807, 2.05) is 0 Å². The Morgan fingerprint density at radius 1 is 1.36 bits per heavy atom. The zero-order valence-electron chi connectivity index (χ0n) is 12.5. The molecular formula is C14H17N5O3. The summed E-state index contributed by atoms with van der Waals surface area (Å²) >= 11 is 0. The van der Waals surface area contributed by atoms with Crippen LogP contribution < -0.4 is 11.1 Å². The Bertz CT molecular complexity index is 706. The van der Waals surface area contributed by atoms with Gasteiger partial charge in [-0.25, -0.2) is 4.79 Å². The maximum absolute atomic E-state index is 11.9. The highest BCUT2D eigenvalue weighted by Crippen LogP contribution is 2.19. The van der Waals surface area contributed by atoms with E-state index in [1.54, 1.807) is 39.1 Å². The lowest BCUT2D eigenvalue weighted by atomic mass is 10.1. The van der Waals surface area contributed by atoms with Gasteiger partial charge in [0.2, 0.25) is 5.91 Å². The van der Waals surface area contributed by atoms with Crippen molar-refractivity contribution in [2.45, 2.75) is 32.4 Å². The molecule has 2 aromatic heterocycles. The molecule has 2 amide bonds. The summed E-state index contributed by atoms with van der Waals surface area (Å²) in [6.07, 6.45) is 2.29. The first-order valence-electron chi connectivity index (χ1n) is 6.63. The Hall–Kier alpha value is -2.77. The highest BCUT2D eigenvalue weighted by atomic mass is 16.6. The Morgan fingerprint density at radius 2 is 2.09 bits per heavy atom. The monoisotopic (exact) mass is 303 g/mol. The largest absolute Gasteiger partial charge is 0.444 e. The number of hydrogen-bond acceptors (Lipinski definition) is 6. The molecule has 0 radical (unpaired) electrons. The van der Waals surface area contributed by atoms with Crippen molar-refractivity contribution >= 4 is 22.9 Å². The molecule has 0 aliphatic carbocycles. The SMILES string of the molecule is CC(C)(C)OC(=O)NC(C(N)=O)c1nncc2cccnc12. The second-order valence-electron chi connectivity index (χ2n) is 5.65. The van der Waals surface area contributed by atoms with E-state index in [9.17, 15) is 9.59 Å². The molecule has 2 rings (SSSR count). The molecule has 8 heteroatoms. The molecule has 0 spiro atoms. The van der Waals surface area contributed by atoms with E-state index >= 15 is 0 Å². The second-order valence-corrected chi connectivity index (χ2v) is 5.65. The molecule has 0 bridgehead atoms. The number of ether oxygens (including phenoxy) is 1. The predicted molar refractivity (Wildman–Crippen MR) is 78.6 cm³/mol. The number of nitrogens with two attached hydrogens (primary N) is 1. The Balaban J connectivity index is 2.35. The summed E-state index contributed by atoms with van der Waals surface area (Å²) in [6.45, 7) is 5.14. The molecule has 22 heavy (non-hydrogen) atoms. The smallest absolute Gasteiger partial charge is 0.408 e. The standard InChI is InChI=1S/C14H17N5O3/c1-14(2,3)22-13(21)18-11(12(15)20)10-9-8(7-17-19-10)5-4-6-16-9/h4-7,11H,1-3H3,(H2,15,20)(H,18,21). The van der Waals surface area contributed by atoms with Crippen molar-refractivity contribution in [2.24, 2.45) is 5.73 Å². The predicted octanol–water partition coefficient (Wildman–Crippen LogP) is 1.08. The van der Waals surface area contributed by atoms with E-state index < -0.39 is 23.6 Å². The average molecular weight is 303 g/mol. The number of amides is 2. The molecule has 8 nitrogen and oxygen atoms in total. The third kappa shape index (κ3) is 3.66. The summed E-state index contributed by atoms with van der Waals surface area (Å²) < 4.78 is 5.13. The van der Waals surface area contributed by atoms with Gasteiger partial charge in [0, 0.05) is 11.6 Å². The fraction of sp³-hybridized carbons (Fsp3) is 0.357. The third-order valence-electron chi connectivity index (χ3n) is 2.66. The number of nitrogens with zero attached hydrogens (tertiary/aromatic N) is 3. The number of pyridine rings is 1. The topological polar surface area (TPSA) is 120 Å². The van der Waals surface area contributed by atoms with Crippen molar-refractivity contribution in [3.05, 3.63) is 30.2 Å². The second kappa shape index (κ2) is 5.92. The minimum absolute atomic E-state index is 0.177. The average Bonchev–Trinajstić information content (AvgIpc) is 2.42. The van der Waals surface area contributed by atoms with Gasteiger partial charge in [-0.05, 0) is 32.9 Å².